The quantitative estimate of drug-likeness (QED) is 0.182. The Bertz CT molecular complexity index is 1710. The van der Waals surface area contributed by atoms with E-state index in [0.29, 0.717) is 15.7 Å². The number of sulfonamides is 1. The summed E-state index contributed by atoms with van der Waals surface area (Å²) in [6, 6.07) is 19.2. The minimum Gasteiger partial charge on any atom is -0.316 e. The molecule has 7 nitrogen and oxygen atoms in total. The molecule has 4 aromatic rings. The van der Waals surface area contributed by atoms with Crippen LogP contribution >= 0.6 is 23.2 Å². The van der Waals surface area contributed by atoms with Gasteiger partial charge in [-0.1, -0.05) is 53.0 Å². The number of nitrogens with one attached hydrogen (secondary N) is 1. The van der Waals surface area contributed by atoms with Gasteiger partial charge in [-0.25, -0.2) is 13.8 Å². The molecule has 1 amide bonds. The zero-order valence-electron chi connectivity index (χ0n) is 22.9. The Kier molecular flexibility index (Phi) is 8.73. The van der Waals surface area contributed by atoms with Crippen LogP contribution < -0.4 is 9.73 Å². The van der Waals surface area contributed by atoms with Gasteiger partial charge in [-0.2, -0.15) is 5.10 Å². The molecule has 0 spiro atoms. The standard InChI is InChI=1S/C30H30Cl2N4O3S/c1-19-7-11-26(12-8-19)40(38,39)35(28-14-20(2)6-9-21(28)3)18-30(37)34-33-17-24-15-22(4)36(23(24)5)29-16-25(31)10-13-27(29)32/h6-17H,18H2,1-5H3,(H,34,37)/b33-17-. The lowest BCUT2D eigenvalue weighted by Crippen LogP contribution is -2.40. The maximum Gasteiger partial charge on any atom is 0.264 e. The lowest BCUT2D eigenvalue weighted by atomic mass is 10.1. The maximum atomic E-state index is 13.7. The Morgan fingerprint density at radius 2 is 1.60 bits per heavy atom. The summed E-state index contributed by atoms with van der Waals surface area (Å²) in [6.45, 7) is 8.95. The Balaban J connectivity index is 1.60. The number of hydrogen-bond donors (Lipinski definition) is 1. The summed E-state index contributed by atoms with van der Waals surface area (Å²) in [7, 11) is -4.04. The van der Waals surface area contributed by atoms with E-state index in [1.54, 1.807) is 48.5 Å². The van der Waals surface area contributed by atoms with Gasteiger partial charge in [-0.3, -0.25) is 9.10 Å². The molecule has 4 rings (SSSR count). The second-order valence-electron chi connectivity index (χ2n) is 9.67. The van der Waals surface area contributed by atoms with Crippen molar-refractivity contribution >= 4 is 51.0 Å². The molecular weight excluding hydrogens is 567 g/mol. The first-order chi connectivity index (χ1) is 18.9. The summed E-state index contributed by atoms with van der Waals surface area (Å²) < 4.78 is 30.5. The van der Waals surface area contributed by atoms with E-state index in [-0.39, 0.29) is 4.90 Å². The van der Waals surface area contributed by atoms with Gasteiger partial charge in [0.15, 0.2) is 0 Å². The van der Waals surface area contributed by atoms with Crippen LogP contribution in [0.5, 0.6) is 0 Å². The predicted molar refractivity (Wildman–Crippen MR) is 163 cm³/mol. The number of hydrazone groups is 1. The van der Waals surface area contributed by atoms with Crippen LogP contribution in [0.1, 0.15) is 33.6 Å². The fraction of sp³-hybridized carbons (Fsp3) is 0.200. The van der Waals surface area contributed by atoms with E-state index in [1.165, 1.54) is 6.21 Å². The minimum absolute atomic E-state index is 0.0995. The van der Waals surface area contributed by atoms with E-state index in [9.17, 15) is 13.2 Å². The van der Waals surface area contributed by atoms with E-state index in [1.807, 2.05) is 57.4 Å². The molecule has 1 aromatic heterocycles. The largest absolute Gasteiger partial charge is 0.316 e. The van der Waals surface area contributed by atoms with Crippen molar-refractivity contribution in [2.45, 2.75) is 39.5 Å². The number of hydrogen-bond acceptors (Lipinski definition) is 4. The number of anilines is 1. The molecule has 0 atom stereocenters. The monoisotopic (exact) mass is 596 g/mol. The highest BCUT2D eigenvalue weighted by atomic mass is 35.5. The van der Waals surface area contributed by atoms with Crippen molar-refractivity contribution in [3.05, 3.63) is 110 Å². The molecule has 3 aromatic carbocycles. The molecule has 0 aliphatic heterocycles. The van der Waals surface area contributed by atoms with E-state index in [4.69, 9.17) is 23.2 Å². The average molecular weight is 598 g/mol. The van der Waals surface area contributed by atoms with E-state index in [0.717, 1.165) is 43.6 Å². The third-order valence-electron chi connectivity index (χ3n) is 6.54. The van der Waals surface area contributed by atoms with Crippen LogP contribution in [-0.2, 0) is 14.8 Å². The van der Waals surface area contributed by atoms with Crippen LogP contribution in [0.15, 0.2) is 76.7 Å². The first-order valence-corrected chi connectivity index (χ1v) is 14.7. The number of nitrogens with zero attached hydrogens (tertiary/aromatic N) is 3. The number of benzene rings is 3. The van der Waals surface area contributed by atoms with Crippen molar-refractivity contribution in [3.63, 3.8) is 0 Å². The number of rotatable bonds is 8. The van der Waals surface area contributed by atoms with E-state index >= 15 is 0 Å². The van der Waals surface area contributed by atoms with Crippen LogP contribution in [0, 0.1) is 34.6 Å². The Labute approximate surface area is 245 Å². The predicted octanol–water partition coefficient (Wildman–Crippen LogP) is 6.67. The van der Waals surface area contributed by atoms with Gasteiger partial charge in [0.05, 0.1) is 27.5 Å². The number of carbonyl (C=O) groups is 1. The van der Waals surface area contributed by atoms with Crippen molar-refractivity contribution in [3.8, 4) is 5.69 Å². The highest BCUT2D eigenvalue weighted by Gasteiger charge is 2.28. The van der Waals surface area contributed by atoms with Gasteiger partial charge in [0.25, 0.3) is 15.9 Å². The molecule has 0 saturated carbocycles. The van der Waals surface area contributed by atoms with Crippen molar-refractivity contribution in [2.75, 3.05) is 10.8 Å². The molecule has 0 unspecified atom stereocenters. The van der Waals surface area contributed by atoms with Crippen molar-refractivity contribution in [1.82, 2.24) is 9.99 Å². The lowest BCUT2D eigenvalue weighted by molar-refractivity contribution is -0.119. The third kappa shape index (κ3) is 6.25. The van der Waals surface area contributed by atoms with Crippen molar-refractivity contribution < 1.29 is 13.2 Å². The number of aromatic nitrogens is 1. The van der Waals surface area contributed by atoms with E-state index in [2.05, 4.69) is 10.5 Å². The molecule has 1 heterocycles. The summed E-state index contributed by atoms with van der Waals surface area (Å²) in [5.41, 5.74) is 8.69. The van der Waals surface area contributed by atoms with Crippen molar-refractivity contribution in [2.24, 2.45) is 5.10 Å². The van der Waals surface area contributed by atoms with Gasteiger partial charge in [-0.15, -0.1) is 0 Å². The van der Waals surface area contributed by atoms with Gasteiger partial charge in [0.1, 0.15) is 6.54 Å². The first kappa shape index (κ1) is 29.4. The van der Waals surface area contributed by atoms with Gasteiger partial charge in [0.2, 0.25) is 0 Å². The molecule has 40 heavy (non-hydrogen) atoms. The van der Waals surface area contributed by atoms with Crippen LogP contribution in [0.25, 0.3) is 5.69 Å². The summed E-state index contributed by atoms with van der Waals surface area (Å²) >= 11 is 12.6. The molecule has 0 aliphatic carbocycles. The SMILES string of the molecule is Cc1ccc(S(=O)(=O)N(CC(=O)N/N=C\c2cc(C)n(-c3cc(Cl)ccc3Cl)c2C)c2cc(C)ccc2C)cc1. The molecule has 0 fully saturated rings. The third-order valence-corrected chi connectivity index (χ3v) is 8.87. The topological polar surface area (TPSA) is 83.8 Å². The zero-order chi connectivity index (χ0) is 29.2. The molecule has 208 valence electrons. The Morgan fingerprint density at radius 1 is 0.925 bits per heavy atom. The molecule has 0 radical (unpaired) electrons. The maximum absolute atomic E-state index is 13.7. The molecular formula is C30H30Cl2N4O3S. The molecule has 0 saturated heterocycles. The van der Waals surface area contributed by atoms with Crippen LogP contribution in [0.2, 0.25) is 10.0 Å². The fourth-order valence-electron chi connectivity index (χ4n) is 4.41. The highest BCUT2D eigenvalue weighted by Crippen LogP contribution is 2.29. The zero-order valence-corrected chi connectivity index (χ0v) is 25.2. The highest BCUT2D eigenvalue weighted by molar-refractivity contribution is 7.92. The number of amides is 1. The molecule has 0 aliphatic rings. The van der Waals surface area contributed by atoms with E-state index < -0.39 is 22.5 Å². The number of halogens is 2. The van der Waals surface area contributed by atoms with Crippen LogP contribution in [0.4, 0.5) is 5.69 Å². The second-order valence-corrected chi connectivity index (χ2v) is 12.4. The van der Waals surface area contributed by atoms with Crippen LogP contribution in [0.3, 0.4) is 0 Å². The first-order valence-electron chi connectivity index (χ1n) is 12.5. The number of carbonyl (C=O) groups excluding carboxylic acids is 1. The Morgan fingerprint density at radius 3 is 2.30 bits per heavy atom. The smallest absolute Gasteiger partial charge is 0.264 e. The molecule has 10 heteroatoms. The summed E-state index contributed by atoms with van der Waals surface area (Å²) in [4.78, 5) is 13.1. The molecule has 1 N–H and O–H groups in total. The van der Waals surface area contributed by atoms with Gasteiger partial charge >= 0.3 is 0 Å². The van der Waals surface area contributed by atoms with Gasteiger partial charge < -0.3 is 4.57 Å². The number of aryl methyl sites for hydroxylation is 4. The molecule has 0 bridgehead atoms. The van der Waals surface area contributed by atoms with Crippen molar-refractivity contribution in [1.29, 1.82) is 0 Å². The van der Waals surface area contributed by atoms with Gasteiger partial charge in [0, 0.05) is 22.0 Å². The Hall–Kier alpha value is -3.59. The normalized spacial score (nSPS) is 11.7. The fourth-order valence-corrected chi connectivity index (χ4v) is 6.26. The summed E-state index contributed by atoms with van der Waals surface area (Å²) in [6.07, 6.45) is 1.52. The summed E-state index contributed by atoms with van der Waals surface area (Å²) in [5.74, 6) is -0.584. The lowest BCUT2D eigenvalue weighted by Gasteiger charge is -2.25. The van der Waals surface area contributed by atoms with Gasteiger partial charge in [-0.05, 0) is 88.2 Å². The summed E-state index contributed by atoms with van der Waals surface area (Å²) in [5, 5.41) is 5.23. The second kappa shape index (κ2) is 11.9. The minimum atomic E-state index is -4.04. The van der Waals surface area contributed by atoms with Crippen LogP contribution in [-0.4, -0.2) is 31.7 Å². The average Bonchev–Trinajstić information content (AvgIpc) is 3.18.